The lowest BCUT2D eigenvalue weighted by Crippen LogP contribution is -2.28. The van der Waals surface area contributed by atoms with Crippen molar-refractivity contribution in [3.05, 3.63) is 53.1 Å². The van der Waals surface area contributed by atoms with Gasteiger partial charge in [0.1, 0.15) is 10.6 Å². The van der Waals surface area contributed by atoms with Gasteiger partial charge in [0, 0.05) is 18.7 Å². The molecule has 1 saturated heterocycles. The SMILES string of the molecule is O=C(Nc1ccccc1O)c1ccc(Cl)c(S(=O)(=O)N2CCCC2)c1. The molecule has 0 bridgehead atoms. The second kappa shape index (κ2) is 7.03. The summed E-state index contributed by atoms with van der Waals surface area (Å²) in [6, 6.07) is 10.4. The van der Waals surface area contributed by atoms with Crippen molar-refractivity contribution < 1.29 is 18.3 Å². The second-order valence-corrected chi connectivity index (χ2v) is 8.04. The van der Waals surface area contributed by atoms with E-state index in [0.29, 0.717) is 13.1 Å². The van der Waals surface area contributed by atoms with Crippen molar-refractivity contribution in [2.75, 3.05) is 18.4 Å². The quantitative estimate of drug-likeness (QED) is 0.798. The van der Waals surface area contributed by atoms with Gasteiger partial charge in [-0.25, -0.2) is 8.42 Å². The number of nitrogens with zero attached hydrogens (tertiary/aromatic N) is 1. The molecule has 0 aromatic heterocycles. The van der Waals surface area contributed by atoms with E-state index in [4.69, 9.17) is 11.6 Å². The van der Waals surface area contributed by atoms with Crippen LogP contribution in [-0.4, -0.2) is 36.8 Å². The molecule has 0 aliphatic carbocycles. The molecule has 0 atom stereocenters. The molecule has 1 heterocycles. The minimum absolute atomic E-state index is 0.0743. The van der Waals surface area contributed by atoms with Crippen molar-refractivity contribution in [1.29, 1.82) is 0 Å². The molecule has 1 aliphatic rings. The highest BCUT2D eigenvalue weighted by Gasteiger charge is 2.29. The molecule has 2 aromatic carbocycles. The maximum Gasteiger partial charge on any atom is 0.255 e. The Morgan fingerprint density at radius 2 is 1.80 bits per heavy atom. The minimum atomic E-state index is -3.73. The van der Waals surface area contributed by atoms with E-state index in [9.17, 15) is 18.3 Å². The number of amides is 1. The summed E-state index contributed by atoms with van der Waals surface area (Å²) >= 11 is 6.07. The van der Waals surface area contributed by atoms with Crippen LogP contribution in [0.5, 0.6) is 5.75 Å². The minimum Gasteiger partial charge on any atom is -0.506 e. The Hall–Kier alpha value is -2.09. The lowest BCUT2D eigenvalue weighted by molar-refractivity contribution is 0.102. The summed E-state index contributed by atoms with van der Waals surface area (Å²) in [5, 5.41) is 12.4. The molecule has 2 aromatic rings. The number of carbonyl (C=O) groups is 1. The summed E-state index contributed by atoms with van der Waals surface area (Å²) in [7, 11) is -3.73. The molecule has 0 saturated carbocycles. The first-order valence-corrected chi connectivity index (χ1v) is 9.60. The lowest BCUT2D eigenvalue weighted by atomic mass is 10.2. The molecule has 2 N–H and O–H groups in total. The third-order valence-electron chi connectivity index (χ3n) is 4.03. The molecule has 0 spiro atoms. The van der Waals surface area contributed by atoms with Gasteiger partial charge in [-0.15, -0.1) is 0 Å². The third-order valence-corrected chi connectivity index (χ3v) is 6.41. The Balaban J connectivity index is 1.91. The van der Waals surface area contributed by atoms with Gasteiger partial charge >= 0.3 is 0 Å². The number of rotatable bonds is 4. The van der Waals surface area contributed by atoms with Gasteiger partial charge in [0.2, 0.25) is 10.0 Å². The predicted molar refractivity (Wildman–Crippen MR) is 95.5 cm³/mol. The average molecular weight is 381 g/mol. The van der Waals surface area contributed by atoms with Crippen LogP contribution in [0.15, 0.2) is 47.4 Å². The first-order chi connectivity index (χ1) is 11.9. The Morgan fingerprint density at radius 1 is 1.12 bits per heavy atom. The van der Waals surface area contributed by atoms with Crippen molar-refractivity contribution in [2.24, 2.45) is 0 Å². The Morgan fingerprint density at radius 3 is 2.48 bits per heavy atom. The van der Waals surface area contributed by atoms with E-state index in [0.717, 1.165) is 12.8 Å². The number of hydrogen-bond acceptors (Lipinski definition) is 4. The molecule has 8 heteroatoms. The van der Waals surface area contributed by atoms with Crippen LogP contribution in [0.1, 0.15) is 23.2 Å². The summed E-state index contributed by atoms with van der Waals surface area (Å²) in [6.07, 6.45) is 1.62. The fraction of sp³-hybridized carbons (Fsp3) is 0.235. The van der Waals surface area contributed by atoms with Crippen molar-refractivity contribution in [1.82, 2.24) is 4.31 Å². The molecule has 132 valence electrons. The number of sulfonamides is 1. The highest BCUT2D eigenvalue weighted by molar-refractivity contribution is 7.89. The number of phenolic OH excluding ortho intramolecular Hbond substituents is 1. The third kappa shape index (κ3) is 3.63. The smallest absolute Gasteiger partial charge is 0.255 e. The van der Waals surface area contributed by atoms with Crippen molar-refractivity contribution in [3.63, 3.8) is 0 Å². The number of hydrogen-bond donors (Lipinski definition) is 2. The van der Waals surface area contributed by atoms with Gasteiger partial charge in [0.05, 0.1) is 10.7 Å². The van der Waals surface area contributed by atoms with E-state index in [1.165, 1.54) is 28.6 Å². The zero-order valence-corrected chi connectivity index (χ0v) is 14.8. The number of halogens is 1. The maximum atomic E-state index is 12.7. The van der Waals surface area contributed by atoms with Crippen LogP contribution in [0.2, 0.25) is 5.02 Å². The molecular weight excluding hydrogens is 364 g/mol. The predicted octanol–water partition coefficient (Wildman–Crippen LogP) is 3.08. The van der Waals surface area contributed by atoms with Crippen LogP contribution >= 0.6 is 11.6 Å². The first-order valence-electron chi connectivity index (χ1n) is 7.78. The fourth-order valence-electron chi connectivity index (χ4n) is 2.68. The molecule has 1 aliphatic heterocycles. The van der Waals surface area contributed by atoms with Gasteiger partial charge in [-0.1, -0.05) is 23.7 Å². The van der Waals surface area contributed by atoms with Crippen molar-refractivity contribution in [3.8, 4) is 5.75 Å². The van der Waals surface area contributed by atoms with Crippen LogP contribution < -0.4 is 5.32 Å². The fourth-order valence-corrected chi connectivity index (χ4v) is 4.70. The van der Waals surface area contributed by atoms with E-state index >= 15 is 0 Å². The number of phenols is 1. The normalized spacial score (nSPS) is 15.2. The molecule has 1 fully saturated rings. The van der Waals surface area contributed by atoms with Crippen molar-refractivity contribution >= 4 is 33.2 Å². The van der Waals surface area contributed by atoms with Crippen LogP contribution in [0, 0.1) is 0 Å². The van der Waals surface area contributed by atoms with E-state index in [-0.39, 0.29) is 26.9 Å². The van der Waals surface area contributed by atoms with E-state index < -0.39 is 15.9 Å². The highest BCUT2D eigenvalue weighted by atomic mass is 35.5. The molecule has 0 radical (unpaired) electrons. The molecule has 0 unspecified atom stereocenters. The van der Waals surface area contributed by atoms with Gasteiger partial charge in [-0.05, 0) is 43.2 Å². The first kappa shape index (κ1) is 17.7. The van der Waals surface area contributed by atoms with Gasteiger partial charge in [0.15, 0.2) is 0 Å². The van der Waals surface area contributed by atoms with Crippen LogP contribution in [-0.2, 0) is 10.0 Å². The monoisotopic (exact) mass is 380 g/mol. The Kier molecular flexibility index (Phi) is 4.99. The topological polar surface area (TPSA) is 86.7 Å². The van der Waals surface area contributed by atoms with Crippen molar-refractivity contribution in [2.45, 2.75) is 17.7 Å². The largest absolute Gasteiger partial charge is 0.506 e. The Labute approximate surface area is 151 Å². The number of benzene rings is 2. The molecule has 25 heavy (non-hydrogen) atoms. The zero-order valence-electron chi connectivity index (χ0n) is 13.3. The van der Waals surface area contributed by atoms with Gasteiger partial charge in [-0.3, -0.25) is 4.79 Å². The summed E-state index contributed by atoms with van der Waals surface area (Å²) in [5.74, 6) is -0.606. The zero-order chi connectivity index (χ0) is 18.0. The number of aromatic hydroxyl groups is 1. The highest BCUT2D eigenvalue weighted by Crippen LogP contribution is 2.29. The maximum absolute atomic E-state index is 12.7. The summed E-state index contributed by atoms with van der Waals surface area (Å²) in [4.78, 5) is 12.3. The van der Waals surface area contributed by atoms with Crippen LogP contribution in [0.4, 0.5) is 5.69 Å². The number of para-hydroxylation sites is 2. The molecule has 3 rings (SSSR count). The van der Waals surface area contributed by atoms with E-state index in [1.807, 2.05) is 0 Å². The van der Waals surface area contributed by atoms with Gasteiger partial charge < -0.3 is 10.4 Å². The second-order valence-electron chi connectivity index (χ2n) is 5.73. The summed E-state index contributed by atoms with van der Waals surface area (Å²) in [6.45, 7) is 0.903. The summed E-state index contributed by atoms with van der Waals surface area (Å²) < 4.78 is 26.8. The molecular formula is C17H17ClN2O4S. The standard InChI is InChI=1S/C17H17ClN2O4S/c18-13-8-7-12(17(22)19-14-5-1-2-6-15(14)21)11-16(13)25(23,24)20-9-3-4-10-20/h1-2,5-8,11,21H,3-4,9-10H2,(H,19,22). The van der Waals surface area contributed by atoms with Gasteiger partial charge in [0.25, 0.3) is 5.91 Å². The van der Waals surface area contributed by atoms with E-state index in [1.54, 1.807) is 18.2 Å². The van der Waals surface area contributed by atoms with Gasteiger partial charge in [-0.2, -0.15) is 4.31 Å². The number of carbonyl (C=O) groups excluding carboxylic acids is 1. The summed E-state index contributed by atoms with van der Waals surface area (Å²) in [5.41, 5.74) is 0.386. The number of anilines is 1. The Bertz CT molecular complexity index is 909. The van der Waals surface area contributed by atoms with E-state index in [2.05, 4.69) is 5.32 Å². The van der Waals surface area contributed by atoms with Crippen LogP contribution in [0.25, 0.3) is 0 Å². The van der Waals surface area contributed by atoms with Crippen LogP contribution in [0.3, 0.4) is 0 Å². The molecule has 6 nitrogen and oxygen atoms in total. The average Bonchev–Trinajstić information content (AvgIpc) is 3.12. The lowest BCUT2D eigenvalue weighted by Gasteiger charge is -2.17. The number of nitrogens with one attached hydrogen (secondary N) is 1. The molecule has 1 amide bonds.